The second kappa shape index (κ2) is 4.95. The van der Waals surface area contributed by atoms with E-state index in [0.717, 1.165) is 12.1 Å². The van der Waals surface area contributed by atoms with Crippen molar-refractivity contribution in [3.05, 3.63) is 53.9 Å². The molecule has 0 aliphatic heterocycles. The maximum atomic E-state index is 8.75. The molecular formula is C12H10BrN3. The minimum Gasteiger partial charge on any atom is -0.268 e. The van der Waals surface area contributed by atoms with Gasteiger partial charge in [0.15, 0.2) is 0 Å². The van der Waals surface area contributed by atoms with Gasteiger partial charge in [0.1, 0.15) is 4.83 Å². The number of nitrogens with zero attached hydrogens (tertiary/aromatic N) is 3. The summed E-state index contributed by atoms with van der Waals surface area (Å²) in [6.45, 7) is 0.728. The van der Waals surface area contributed by atoms with E-state index in [0.29, 0.717) is 0 Å². The molecule has 0 saturated carbocycles. The minimum absolute atomic E-state index is 0.281. The molecule has 0 aliphatic rings. The highest BCUT2D eigenvalue weighted by Crippen LogP contribution is 2.20. The fraction of sp³-hybridized carbons (Fsp3) is 0.167. The van der Waals surface area contributed by atoms with Gasteiger partial charge >= 0.3 is 0 Å². The van der Waals surface area contributed by atoms with Crippen molar-refractivity contribution in [1.29, 1.82) is 5.26 Å². The molecule has 3 nitrogen and oxygen atoms in total. The van der Waals surface area contributed by atoms with Crippen LogP contribution in [0.4, 0.5) is 0 Å². The van der Waals surface area contributed by atoms with Crippen molar-refractivity contribution in [2.24, 2.45) is 0 Å². The van der Waals surface area contributed by atoms with Crippen LogP contribution in [0.2, 0.25) is 0 Å². The first-order valence-electron chi connectivity index (χ1n) is 4.89. The van der Waals surface area contributed by atoms with E-state index in [-0.39, 0.29) is 4.83 Å². The molecule has 2 aromatic rings. The van der Waals surface area contributed by atoms with Crippen LogP contribution in [0.15, 0.2) is 42.7 Å². The Morgan fingerprint density at radius 3 is 2.81 bits per heavy atom. The maximum absolute atomic E-state index is 8.75. The van der Waals surface area contributed by atoms with Gasteiger partial charge in [-0.15, -0.1) is 0 Å². The lowest BCUT2D eigenvalue weighted by atomic mass is 10.2. The van der Waals surface area contributed by atoms with Gasteiger partial charge in [0.05, 0.1) is 18.8 Å². The lowest BCUT2D eigenvalue weighted by Crippen LogP contribution is -1.99. The molecule has 0 bridgehead atoms. The largest absolute Gasteiger partial charge is 0.268 e. The number of halogens is 1. The van der Waals surface area contributed by atoms with Crippen LogP contribution in [0, 0.1) is 11.3 Å². The number of hydrogen-bond donors (Lipinski definition) is 0. The summed E-state index contributed by atoms with van der Waals surface area (Å²) >= 11 is 3.27. The molecule has 1 unspecified atom stereocenters. The number of aromatic nitrogens is 2. The van der Waals surface area contributed by atoms with Crippen molar-refractivity contribution < 1.29 is 0 Å². The highest BCUT2D eigenvalue weighted by Gasteiger charge is 2.08. The molecule has 1 aromatic heterocycles. The topological polar surface area (TPSA) is 41.6 Å². The third kappa shape index (κ3) is 2.50. The van der Waals surface area contributed by atoms with Crippen LogP contribution in [-0.2, 0) is 6.54 Å². The Kier molecular flexibility index (Phi) is 3.37. The molecule has 0 aliphatic carbocycles. The number of rotatable bonds is 3. The van der Waals surface area contributed by atoms with Gasteiger partial charge in [0.25, 0.3) is 0 Å². The van der Waals surface area contributed by atoms with Crippen molar-refractivity contribution in [3.63, 3.8) is 0 Å². The van der Waals surface area contributed by atoms with Crippen molar-refractivity contribution in [2.75, 3.05) is 0 Å². The second-order valence-electron chi connectivity index (χ2n) is 3.45. The Balaban J connectivity index is 2.12. The summed E-state index contributed by atoms with van der Waals surface area (Å²) in [5.41, 5.74) is 2.08. The molecule has 1 heterocycles. The zero-order valence-corrected chi connectivity index (χ0v) is 10.1. The van der Waals surface area contributed by atoms with Crippen LogP contribution < -0.4 is 0 Å². The molecule has 0 saturated heterocycles. The van der Waals surface area contributed by atoms with Crippen LogP contribution in [0.1, 0.15) is 16.0 Å². The van der Waals surface area contributed by atoms with Crippen molar-refractivity contribution in [2.45, 2.75) is 11.4 Å². The SMILES string of the molecule is N#CC(Br)c1cnn(Cc2ccccc2)c1. The molecule has 80 valence electrons. The van der Waals surface area contributed by atoms with Crippen molar-refractivity contribution in [1.82, 2.24) is 9.78 Å². The monoisotopic (exact) mass is 275 g/mol. The molecule has 0 amide bonds. The lowest BCUT2D eigenvalue weighted by molar-refractivity contribution is 0.686. The fourth-order valence-corrected chi connectivity index (χ4v) is 1.68. The van der Waals surface area contributed by atoms with E-state index >= 15 is 0 Å². The fourth-order valence-electron chi connectivity index (χ4n) is 1.44. The molecule has 0 radical (unpaired) electrons. The third-order valence-electron chi connectivity index (χ3n) is 2.25. The Bertz CT molecular complexity index is 498. The number of alkyl halides is 1. The molecule has 0 N–H and O–H groups in total. The van der Waals surface area contributed by atoms with Crippen LogP contribution in [0.5, 0.6) is 0 Å². The average Bonchev–Trinajstić information content (AvgIpc) is 2.78. The molecule has 0 fully saturated rings. The second-order valence-corrected chi connectivity index (χ2v) is 4.36. The predicted molar refractivity (Wildman–Crippen MR) is 65.1 cm³/mol. The van der Waals surface area contributed by atoms with E-state index in [2.05, 4.69) is 39.2 Å². The quantitative estimate of drug-likeness (QED) is 0.809. The van der Waals surface area contributed by atoms with Crippen LogP contribution in [0.3, 0.4) is 0 Å². The first kappa shape index (κ1) is 10.9. The number of nitriles is 1. The van der Waals surface area contributed by atoms with Crippen molar-refractivity contribution >= 4 is 15.9 Å². The summed E-state index contributed by atoms with van der Waals surface area (Å²) in [7, 11) is 0. The summed E-state index contributed by atoms with van der Waals surface area (Å²) in [5, 5.41) is 13.0. The summed E-state index contributed by atoms with van der Waals surface area (Å²) in [6.07, 6.45) is 3.60. The Morgan fingerprint density at radius 2 is 2.12 bits per heavy atom. The minimum atomic E-state index is -0.281. The van der Waals surface area contributed by atoms with E-state index in [1.165, 1.54) is 5.56 Å². The van der Waals surface area contributed by atoms with Gasteiger partial charge < -0.3 is 0 Å². The highest BCUT2D eigenvalue weighted by molar-refractivity contribution is 9.09. The zero-order chi connectivity index (χ0) is 11.4. The Hall–Kier alpha value is -1.60. The molecule has 4 heteroatoms. The number of benzene rings is 1. The first-order valence-corrected chi connectivity index (χ1v) is 5.81. The molecule has 16 heavy (non-hydrogen) atoms. The van der Waals surface area contributed by atoms with Gasteiger partial charge in [-0.05, 0) is 5.56 Å². The molecule has 0 spiro atoms. The van der Waals surface area contributed by atoms with Crippen LogP contribution >= 0.6 is 15.9 Å². The zero-order valence-electron chi connectivity index (χ0n) is 8.55. The average molecular weight is 276 g/mol. The van der Waals surface area contributed by atoms with Crippen molar-refractivity contribution in [3.8, 4) is 6.07 Å². The molecule has 1 atom stereocenters. The standard InChI is InChI=1S/C12H10BrN3/c13-12(6-14)11-7-15-16(9-11)8-10-4-2-1-3-5-10/h1-5,7,9,12H,8H2. The molecular weight excluding hydrogens is 266 g/mol. The Morgan fingerprint density at radius 1 is 1.38 bits per heavy atom. The van der Waals surface area contributed by atoms with E-state index in [9.17, 15) is 0 Å². The van der Waals surface area contributed by atoms with Gasteiger partial charge in [0, 0.05) is 11.8 Å². The molecule has 1 aromatic carbocycles. The smallest absolute Gasteiger partial charge is 0.129 e. The first-order chi connectivity index (χ1) is 7.79. The van der Waals surface area contributed by atoms with Crippen LogP contribution in [0.25, 0.3) is 0 Å². The van der Waals surface area contributed by atoms with Gasteiger partial charge in [-0.2, -0.15) is 10.4 Å². The normalized spacial score (nSPS) is 12.0. The summed E-state index contributed by atoms with van der Waals surface area (Å²) < 4.78 is 1.83. The number of hydrogen-bond acceptors (Lipinski definition) is 2. The van der Waals surface area contributed by atoms with Gasteiger partial charge in [-0.25, -0.2) is 0 Å². The highest BCUT2D eigenvalue weighted by atomic mass is 79.9. The summed E-state index contributed by atoms with van der Waals surface area (Å²) in [6, 6.07) is 12.2. The van der Waals surface area contributed by atoms with E-state index in [1.54, 1.807) is 6.20 Å². The van der Waals surface area contributed by atoms with E-state index < -0.39 is 0 Å². The van der Waals surface area contributed by atoms with Gasteiger partial charge in [0.2, 0.25) is 0 Å². The van der Waals surface area contributed by atoms with E-state index in [1.807, 2.05) is 29.1 Å². The Labute approximate surface area is 102 Å². The van der Waals surface area contributed by atoms with Gasteiger partial charge in [-0.3, -0.25) is 4.68 Å². The predicted octanol–water partition coefficient (Wildman–Crippen LogP) is 2.89. The third-order valence-corrected chi connectivity index (χ3v) is 2.98. The molecule has 2 rings (SSSR count). The van der Waals surface area contributed by atoms with Crippen LogP contribution in [-0.4, -0.2) is 9.78 Å². The lowest BCUT2D eigenvalue weighted by Gasteiger charge is -2.00. The maximum Gasteiger partial charge on any atom is 0.129 e. The summed E-state index contributed by atoms with van der Waals surface area (Å²) in [5.74, 6) is 0. The summed E-state index contributed by atoms with van der Waals surface area (Å²) in [4.78, 5) is -0.281. The van der Waals surface area contributed by atoms with Gasteiger partial charge in [-0.1, -0.05) is 46.3 Å². The van der Waals surface area contributed by atoms with E-state index in [4.69, 9.17) is 5.26 Å².